The molecular formula is C21H26. The molecule has 0 spiro atoms. The Morgan fingerprint density at radius 2 is 1.43 bits per heavy atom. The van der Waals surface area contributed by atoms with E-state index in [0.717, 1.165) is 6.42 Å². The topological polar surface area (TPSA) is 0 Å². The molecule has 2 rings (SSSR count). The van der Waals surface area contributed by atoms with Crippen LogP contribution in [0.4, 0.5) is 0 Å². The molecule has 0 saturated heterocycles. The highest BCUT2D eigenvalue weighted by atomic mass is 14.1. The number of unbranched alkanes of at least 4 members (excludes halogenated alkanes) is 1. The second-order valence-corrected chi connectivity index (χ2v) is 5.59. The predicted octanol–water partition coefficient (Wildman–Crippen LogP) is 6.15. The van der Waals surface area contributed by atoms with Gasteiger partial charge in [-0.25, -0.2) is 0 Å². The Balaban J connectivity index is 2.31. The number of rotatable bonds is 7. The van der Waals surface area contributed by atoms with Gasteiger partial charge in [-0.3, -0.25) is 0 Å². The molecule has 0 nitrogen and oxygen atoms in total. The van der Waals surface area contributed by atoms with Crippen molar-refractivity contribution in [2.45, 2.75) is 46.0 Å². The molecule has 0 bridgehead atoms. The van der Waals surface area contributed by atoms with Crippen molar-refractivity contribution in [3.05, 3.63) is 70.8 Å². The number of hydrogen-bond donors (Lipinski definition) is 0. The first-order valence-electron chi connectivity index (χ1n) is 8.19. The molecule has 2 aromatic rings. The van der Waals surface area contributed by atoms with Gasteiger partial charge in [-0.05, 0) is 41.5 Å². The van der Waals surface area contributed by atoms with Crippen molar-refractivity contribution in [2.75, 3.05) is 0 Å². The van der Waals surface area contributed by atoms with Gasteiger partial charge in [-0.1, -0.05) is 87.4 Å². The van der Waals surface area contributed by atoms with Gasteiger partial charge in [0.15, 0.2) is 0 Å². The van der Waals surface area contributed by atoms with Crippen molar-refractivity contribution in [2.24, 2.45) is 0 Å². The summed E-state index contributed by atoms with van der Waals surface area (Å²) in [5, 5.41) is 0. The molecule has 2 aromatic carbocycles. The van der Waals surface area contributed by atoms with Crippen LogP contribution in [-0.2, 0) is 12.8 Å². The van der Waals surface area contributed by atoms with Crippen molar-refractivity contribution in [3.8, 4) is 0 Å². The van der Waals surface area contributed by atoms with E-state index in [2.05, 4.69) is 74.5 Å². The average molecular weight is 278 g/mol. The third-order valence-corrected chi connectivity index (χ3v) is 3.85. The average Bonchev–Trinajstić information content (AvgIpc) is 2.53. The van der Waals surface area contributed by atoms with Crippen LogP contribution in [0.5, 0.6) is 0 Å². The van der Waals surface area contributed by atoms with Crippen LogP contribution in [0.3, 0.4) is 0 Å². The smallest absolute Gasteiger partial charge is 0.0192 e. The molecule has 21 heavy (non-hydrogen) atoms. The lowest BCUT2D eigenvalue weighted by Crippen LogP contribution is -1.96. The Morgan fingerprint density at radius 3 is 2.10 bits per heavy atom. The van der Waals surface area contributed by atoms with Crippen LogP contribution in [0.25, 0.3) is 12.2 Å². The summed E-state index contributed by atoms with van der Waals surface area (Å²) in [5.74, 6) is 0. The molecule has 0 aliphatic rings. The first-order chi connectivity index (χ1) is 10.3. The van der Waals surface area contributed by atoms with Crippen molar-refractivity contribution in [3.63, 3.8) is 0 Å². The van der Waals surface area contributed by atoms with Crippen LogP contribution in [0.1, 0.15) is 55.4 Å². The minimum atomic E-state index is 1.16. The Morgan fingerprint density at radius 1 is 0.714 bits per heavy atom. The van der Waals surface area contributed by atoms with Gasteiger partial charge in [0.2, 0.25) is 0 Å². The molecule has 0 heterocycles. The fraction of sp³-hybridized carbons (Fsp3) is 0.333. The SMILES string of the molecule is CCCCc1cccc(CCC)c1/C=C/c1ccccc1. The van der Waals surface area contributed by atoms with E-state index >= 15 is 0 Å². The highest BCUT2D eigenvalue weighted by molar-refractivity contribution is 5.73. The minimum Gasteiger partial charge on any atom is -0.0654 e. The molecule has 0 saturated carbocycles. The van der Waals surface area contributed by atoms with Crippen LogP contribution < -0.4 is 0 Å². The van der Waals surface area contributed by atoms with Gasteiger partial charge in [0, 0.05) is 0 Å². The van der Waals surface area contributed by atoms with E-state index in [1.165, 1.54) is 47.9 Å². The molecule has 0 fully saturated rings. The zero-order valence-corrected chi connectivity index (χ0v) is 13.3. The maximum atomic E-state index is 2.31. The Kier molecular flexibility index (Phi) is 6.27. The third-order valence-electron chi connectivity index (χ3n) is 3.85. The summed E-state index contributed by atoms with van der Waals surface area (Å²) in [7, 11) is 0. The van der Waals surface area contributed by atoms with E-state index in [1.54, 1.807) is 0 Å². The van der Waals surface area contributed by atoms with E-state index in [4.69, 9.17) is 0 Å². The molecular weight excluding hydrogens is 252 g/mol. The lowest BCUT2D eigenvalue weighted by Gasteiger charge is -2.11. The molecule has 0 amide bonds. The normalized spacial score (nSPS) is 11.1. The van der Waals surface area contributed by atoms with Crippen LogP contribution in [0, 0.1) is 0 Å². The summed E-state index contributed by atoms with van der Waals surface area (Å²) in [4.78, 5) is 0. The molecule has 0 aliphatic carbocycles. The van der Waals surface area contributed by atoms with E-state index < -0.39 is 0 Å². The molecule has 0 aromatic heterocycles. The maximum Gasteiger partial charge on any atom is -0.0192 e. The second kappa shape index (κ2) is 8.46. The molecule has 0 radical (unpaired) electrons. The quantitative estimate of drug-likeness (QED) is 0.533. The molecule has 0 unspecified atom stereocenters. The molecule has 0 aliphatic heterocycles. The van der Waals surface area contributed by atoms with E-state index in [0.29, 0.717) is 0 Å². The monoisotopic (exact) mass is 278 g/mol. The Labute approximate surface area is 129 Å². The zero-order chi connectivity index (χ0) is 14.9. The van der Waals surface area contributed by atoms with Crippen LogP contribution in [0.15, 0.2) is 48.5 Å². The highest BCUT2D eigenvalue weighted by Crippen LogP contribution is 2.21. The molecule has 0 atom stereocenters. The summed E-state index contributed by atoms with van der Waals surface area (Å²) in [6, 6.07) is 17.4. The number of hydrogen-bond acceptors (Lipinski definition) is 0. The minimum absolute atomic E-state index is 1.16. The van der Waals surface area contributed by atoms with Crippen molar-refractivity contribution >= 4 is 12.2 Å². The largest absolute Gasteiger partial charge is 0.0654 e. The molecule has 110 valence electrons. The van der Waals surface area contributed by atoms with Crippen molar-refractivity contribution < 1.29 is 0 Å². The van der Waals surface area contributed by atoms with Gasteiger partial charge in [0.1, 0.15) is 0 Å². The first-order valence-corrected chi connectivity index (χ1v) is 8.19. The molecule has 0 heteroatoms. The highest BCUT2D eigenvalue weighted by Gasteiger charge is 2.05. The van der Waals surface area contributed by atoms with E-state index in [1.807, 2.05) is 0 Å². The summed E-state index contributed by atoms with van der Waals surface area (Å²) >= 11 is 0. The van der Waals surface area contributed by atoms with Gasteiger partial charge in [0.25, 0.3) is 0 Å². The Hall–Kier alpha value is -1.82. The van der Waals surface area contributed by atoms with E-state index in [-0.39, 0.29) is 0 Å². The van der Waals surface area contributed by atoms with E-state index in [9.17, 15) is 0 Å². The third kappa shape index (κ3) is 4.60. The van der Waals surface area contributed by atoms with Gasteiger partial charge in [0.05, 0.1) is 0 Å². The van der Waals surface area contributed by atoms with Crippen LogP contribution in [-0.4, -0.2) is 0 Å². The second-order valence-electron chi connectivity index (χ2n) is 5.59. The fourth-order valence-electron chi connectivity index (χ4n) is 2.70. The Bertz CT molecular complexity index is 564. The van der Waals surface area contributed by atoms with Crippen molar-refractivity contribution in [1.82, 2.24) is 0 Å². The summed E-state index contributed by atoms with van der Waals surface area (Å²) in [6.45, 7) is 4.51. The standard InChI is InChI=1S/C21H26/c1-3-5-13-20-15-9-14-19(10-4-2)21(20)17-16-18-11-7-6-8-12-18/h6-9,11-12,14-17H,3-5,10,13H2,1-2H3/b17-16+. The maximum absolute atomic E-state index is 2.31. The number of benzene rings is 2. The van der Waals surface area contributed by atoms with Gasteiger partial charge in [-0.15, -0.1) is 0 Å². The van der Waals surface area contributed by atoms with Crippen LogP contribution in [0.2, 0.25) is 0 Å². The number of aryl methyl sites for hydroxylation is 2. The first kappa shape index (κ1) is 15.6. The van der Waals surface area contributed by atoms with Gasteiger partial charge in [-0.2, -0.15) is 0 Å². The zero-order valence-electron chi connectivity index (χ0n) is 13.3. The fourth-order valence-corrected chi connectivity index (χ4v) is 2.70. The van der Waals surface area contributed by atoms with Crippen LogP contribution >= 0.6 is 0 Å². The van der Waals surface area contributed by atoms with Gasteiger partial charge >= 0.3 is 0 Å². The predicted molar refractivity (Wildman–Crippen MR) is 94.4 cm³/mol. The summed E-state index contributed by atoms with van der Waals surface area (Å²) in [6.07, 6.45) is 10.6. The lowest BCUT2D eigenvalue weighted by molar-refractivity contribution is 0.791. The molecule has 0 N–H and O–H groups in total. The summed E-state index contributed by atoms with van der Waals surface area (Å²) < 4.78 is 0. The lowest BCUT2D eigenvalue weighted by atomic mass is 9.94. The van der Waals surface area contributed by atoms with Crippen molar-refractivity contribution in [1.29, 1.82) is 0 Å². The summed E-state index contributed by atoms with van der Waals surface area (Å²) in [5.41, 5.74) is 5.69. The van der Waals surface area contributed by atoms with Gasteiger partial charge < -0.3 is 0 Å².